The summed E-state index contributed by atoms with van der Waals surface area (Å²) in [6, 6.07) is 7.59. The molecule has 1 fully saturated rings. The number of anilines is 1. The number of hydrogen-bond acceptors (Lipinski definition) is 4. The number of nitrogens with one attached hydrogen (secondary N) is 1. The Morgan fingerprint density at radius 3 is 2.77 bits per heavy atom. The van der Waals surface area contributed by atoms with Crippen LogP contribution >= 0.6 is 11.6 Å². The third kappa shape index (κ3) is 5.36. The molecule has 1 N–H and O–H groups in total. The van der Waals surface area contributed by atoms with Crippen molar-refractivity contribution in [3.05, 3.63) is 28.8 Å². The molecule has 6 heteroatoms. The normalized spacial score (nSPS) is 16.2. The van der Waals surface area contributed by atoms with Gasteiger partial charge in [-0.2, -0.15) is 5.26 Å². The molecule has 1 aliphatic heterocycles. The second kappa shape index (κ2) is 9.80. The first kappa shape index (κ1) is 20.5. The van der Waals surface area contributed by atoms with Crippen LogP contribution in [0.4, 0.5) is 5.69 Å². The fourth-order valence-electron chi connectivity index (χ4n) is 3.14. The van der Waals surface area contributed by atoms with Gasteiger partial charge in [-0.25, -0.2) is 0 Å². The Hall–Kier alpha value is -1.77. The fourth-order valence-corrected chi connectivity index (χ4v) is 3.31. The minimum atomic E-state index is -0.376. The predicted octanol–water partition coefficient (Wildman–Crippen LogP) is 3.75. The molecular weight excluding hydrogens is 350 g/mol. The first-order valence-corrected chi connectivity index (χ1v) is 9.68. The molecule has 0 radical (unpaired) electrons. The summed E-state index contributed by atoms with van der Waals surface area (Å²) < 4.78 is 5.49. The van der Waals surface area contributed by atoms with Crippen LogP contribution in [0.15, 0.2) is 18.2 Å². The van der Waals surface area contributed by atoms with Gasteiger partial charge in [0.15, 0.2) is 0 Å². The molecular formula is C20H28ClN3O2. The van der Waals surface area contributed by atoms with Crippen LogP contribution in [0.25, 0.3) is 0 Å². The van der Waals surface area contributed by atoms with E-state index in [4.69, 9.17) is 16.3 Å². The van der Waals surface area contributed by atoms with Crippen molar-refractivity contribution in [3.63, 3.8) is 0 Å². The molecule has 1 saturated heterocycles. The van der Waals surface area contributed by atoms with E-state index in [1.165, 1.54) is 0 Å². The fraction of sp³-hybridized carbons (Fsp3) is 0.600. The second-order valence-corrected chi connectivity index (χ2v) is 7.48. The molecule has 1 aliphatic rings. The molecule has 2 rings (SSSR count). The number of nitriles is 1. The van der Waals surface area contributed by atoms with Crippen LogP contribution in [-0.4, -0.2) is 38.8 Å². The van der Waals surface area contributed by atoms with Gasteiger partial charge in [-0.05, 0) is 37.5 Å². The Bertz CT molecular complexity index is 649. The van der Waals surface area contributed by atoms with E-state index in [-0.39, 0.29) is 11.3 Å². The lowest BCUT2D eigenvalue weighted by atomic mass is 9.79. The molecule has 0 bridgehead atoms. The van der Waals surface area contributed by atoms with Gasteiger partial charge in [0.2, 0.25) is 5.91 Å². The van der Waals surface area contributed by atoms with Crippen LogP contribution in [0, 0.1) is 16.7 Å². The smallest absolute Gasteiger partial charge is 0.226 e. The quantitative estimate of drug-likeness (QED) is 0.700. The van der Waals surface area contributed by atoms with Gasteiger partial charge in [-0.1, -0.05) is 31.9 Å². The number of hydrogen-bond donors (Lipinski definition) is 1. The number of carbonyl (C=O) groups excluding carboxylic acids is 1. The molecule has 0 aromatic heterocycles. The average molecular weight is 378 g/mol. The first-order chi connectivity index (χ1) is 12.5. The van der Waals surface area contributed by atoms with E-state index in [1.807, 2.05) is 13.0 Å². The molecule has 1 amide bonds. The lowest BCUT2D eigenvalue weighted by Crippen LogP contribution is -2.48. The van der Waals surface area contributed by atoms with Crippen LogP contribution in [0.5, 0.6) is 0 Å². The van der Waals surface area contributed by atoms with Gasteiger partial charge in [0, 0.05) is 36.7 Å². The predicted molar refractivity (Wildman–Crippen MR) is 104 cm³/mol. The van der Waals surface area contributed by atoms with E-state index >= 15 is 0 Å². The molecule has 1 aromatic rings. The van der Waals surface area contributed by atoms with Gasteiger partial charge >= 0.3 is 0 Å². The summed E-state index contributed by atoms with van der Waals surface area (Å²) in [6.45, 7) is 7.50. The highest BCUT2D eigenvalue weighted by atomic mass is 35.5. The molecule has 26 heavy (non-hydrogen) atoms. The molecule has 0 aliphatic carbocycles. The van der Waals surface area contributed by atoms with Crippen LogP contribution < -0.4 is 10.2 Å². The van der Waals surface area contributed by atoms with E-state index in [0.717, 1.165) is 51.1 Å². The number of amides is 1. The van der Waals surface area contributed by atoms with Gasteiger partial charge < -0.3 is 15.0 Å². The second-order valence-electron chi connectivity index (χ2n) is 7.04. The number of benzene rings is 1. The Kier molecular flexibility index (Phi) is 7.74. The minimum absolute atomic E-state index is 0.0906. The topological polar surface area (TPSA) is 65.4 Å². The average Bonchev–Trinajstić information content (AvgIpc) is 2.65. The zero-order chi connectivity index (χ0) is 19.0. The highest BCUT2D eigenvalue weighted by molar-refractivity contribution is 6.30. The molecule has 1 aromatic carbocycles. The Morgan fingerprint density at radius 2 is 2.12 bits per heavy atom. The van der Waals surface area contributed by atoms with Gasteiger partial charge in [0.1, 0.15) is 6.07 Å². The van der Waals surface area contributed by atoms with E-state index in [0.29, 0.717) is 23.7 Å². The van der Waals surface area contributed by atoms with Gasteiger partial charge in [-0.3, -0.25) is 4.79 Å². The van der Waals surface area contributed by atoms with E-state index in [9.17, 15) is 10.1 Å². The SMILES string of the molecule is CCCCOCCNC(=O)C1(C)CCN(c2ccc(Cl)cc2C#N)CC1. The number of piperidine rings is 1. The summed E-state index contributed by atoms with van der Waals surface area (Å²) in [5.41, 5.74) is 1.09. The highest BCUT2D eigenvalue weighted by Crippen LogP contribution is 2.34. The number of carbonyl (C=O) groups is 1. The molecule has 142 valence electrons. The lowest BCUT2D eigenvalue weighted by Gasteiger charge is -2.39. The summed E-state index contributed by atoms with van der Waals surface area (Å²) >= 11 is 5.98. The molecule has 0 atom stereocenters. The maximum absolute atomic E-state index is 12.6. The molecule has 0 spiro atoms. The standard InChI is InChI=1S/C20H28ClN3O2/c1-3-4-12-26-13-9-23-19(25)20(2)7-10-24(11-8-20)18-6-5-17(21)14-16(18)15-22/h5-6,14H,3-4,7-13H2,1-2H3,(H,23,25). The minimum Gasteiger partial charge on any atom is -0.380 e. The zero-order valence-corrected chi connectivity index (χ0v) is 16.4. The summed E-state index contributed by atoms with van der Waals surface area (Å²) in [6.07, 6.45) is 3.67. The van der Waals surface area contributed by atoms with Crippen molar-refractivity contribution in [2.45, 2.75) is 39.5 Å². The van der Waals surface area contributed by atoms with E-state index in [1.54, 1.807) is 12.1 Å². The molecule has 1 heterocycles. The van der Waals surface area contributed by atoms with Gasteiger partial charge in [0.25, 0.3) is 0 Å². The Balaban J connectivity index is 1.84. The molecule has 0 unspecified atom stereocenters. The molecule has 0 saturated carbocycles. The van der Waals surface area contributed by atoms with Crippen molar-refractivity contribution in [2.75, 3.05) is 37.7 Å². The maximum atomic E-state index is 12.6. The van der Waals surface area contributed by atoms with Crippen molar-refractivity contribution in [2.24, 2.45) is 5.41 Å². The summed E-state index contributed by atoms with van der Waals surface area (Å²) in [4.78, 5) is 14.7. The van der Waals surface area contributed by atoms with Crippen LogP contribution in [0.3, 0.4) is 0 Å². The summed E-state index contributed by atoms with van der Waals surface area (Å²) in [7, 11) is 0. The van der Waals surface area contributed by atoms with Crippen molar-refractivity contribution in [1.29, 1.82) is 5.26 Å². The van der Waals surface area contributed by atoms with Crippen molar-refractivity contribution in [1.82, 2.24) is 5.32 Å². The number of unbranched alkanes of at least 4 members (excludes halogenated alkanes) is 1. The third-order valence-electron chi connectivity index (χ3n) is 5.01. The van der Waals surface area contributed by atoms with E-state index < -0.39 is 0 Å². The lowest BCUT2D eigenvalue weighted by molar-refractivity contribution is -0.131. The van der Waals surface area contributed by atoms with E-state index in [2.05, 4.69) is 23.2 Å². The number of halogens is 1. The maximum Gasteiger partial charge on any atom is 0.226 e. The van der Waals surface area contributed by atoms with Crippen molar-refractivity contribution < 1.29 is 9.53 Å². The summed E-state index contributed by atoms with van der Waals surface area (Å²) in [5, 5.41) is 12.9. The van der Waals surface area contributed by atoms with Crippen molar-refractivity contribution >= 4 is 23.2 Å². The molecule has 5 nitrogen and oxygen atoms in total. The monoisotopic (exact) mass is 377 g/mol. The number of rotatable bonds is 8. The van der Waals surface area contributed by atoms with Crippen LogP contribution in [0.1, 0.15) is 45.1 Å². The Morgan fingerprint density at radius 1 is 1.38 bits per heavy atom. The third-order valence-corrected chi connectivity index (χ3v) is 5.24. The first-order valence-electron chi connectivity index (χ1n) is 9.31. The zero-order valence-electron chi connectivity index (χ0n) is 15.7. The van der Waals surface area contributed by atoms with Gasteiger partial charge in [-0.15, -0.1) is 0 Å². The Labute approximate surface area is 161 Å². The largest absolute Gasteiger partial charge is 0.380 e. The number of nitrogens with zero attached hydrogens (tertiary/aromatic N) is 2. The number of ether oxygens (including phenoxy) is 1. The summed E-state index contributed by atoms with van der Waals surface area (Å²) in [5.74, 6) is 0.0906. The van der Waals surface area contributed by atoms with Crippen molar-refractivity contribution in [3.8, 4) is 6.07 Å². The van der Waals surface area contributed by atoms with Gasteiger partial charge in [0.05, 0.1) is 17.9 Å². The highest BCUT2D eigenvalue weighted by Gasteiger charge is 2.37. The van der Waals surface area contributed by atoms with Crippen LogP contribution in [0.2, 0.25) is 5.02 Å². The van der Waals surface area contributed by atoms with Crippen LogP contribution in [-0.2, 0) is 9.53 Å².